The highest BCUT2D eigenvalue weighted by atomic mass is 32.2. The second kappa shape index (κ2) is 10.7. The van der Waals surface area contributed by atoms with Crippen molar-refractivity contribution in [2.75, 3.05) is 17.2 Å². The van der Waals surface area contributed by atoms with Gasteiger partial charge in [0.15, 0.2) is 5.03 Å². The first-order valence-corrected chi connectivity index (χ1v) is 13.7. The van der Waals surface area contributed by atoms with Gasteiger partial charge < -0.3 is 15.4 Å². The zero-order chi connectivity index (χ0) is 26.7. The molecule has 1 fully saturated rings. The van der Waals surface area contributed by atoms with Crippen molar-refractivity contribution >= 4 is 27.6 Å². The van der Waals surface area contributed by atoms with Crippen LogP contribution in [0.15, 0.2) is 53.7 Å². The molecule has 202 valence electrons. The molecule has 37 heavy (non-hydrogen) atoms. The molecule has 3 N–H and O–H groups in total. The van der Waals surface area contributed by atoms with E-state index >= 15 is 0 Å². The fourth-order valence-electron chi connectivity index (χ4n) is 4.27. The lowest BCUT2D eigenvalue weighted by molar-refractivity contribution is 0.0981. The number of ether oxygens (including phenoxy) is 1. The Morgan fingerprint density at radius 1 is 1.14 bits per heavy atom. The number of carbonyl (C=O) groups excluding carboxylic acids is 1. The van der Waals surface area contributed by atoms with E-state index in [4.69, 9.17) is 15.5 Å². The Bertz CT molecular complexity index is 1380. The van der Waals surface area contributed by atoms with Crippen molar-refractivity contribution < 1.29 is 22.2 Å². The van der Waals surface area contributed by atoms with Gasteiger partial charge in [-0.15, -0.1) is 0 Å². The van der Waals surface area contributed by atoms with Gasteiger partial charge in [-0.3, -0.25) is 4.79 Å². The Kier molecular flexibility index (Phi) is 7.63. The molecule has 0 aromatic carbocycles. The largest absolute Gasteiger partial charge is 0.477 e. The zero-order valence-electron chi connectivity index (χ0n) is 21.4. The fourth-order valence-corrected chi connectivity index (χ4v) is 5.22. The van der Waals surface area contributed by atoms with Crippen molar-refractivity contribution in [1.29, 1.82) is 0 Å². The number of nitrogens with zero attached hydrogens (tertiary/aromatic N) is 4. The maximum absolute atomic E-state index is 13.3. The monoisotopic (exact) mass is 530 g/mol. The maximum Gasteiger partial charge on any atom is 0.281 e. The number of nitrogens with two attached hydrogens (primary N) is 1. The molecule has 0 unspecified atom stereocenters. The quantitative estimate of drug-likeness (QED) is 0.434. The summed E-state index contributed by atoms with van der Waals surface area (Å²) in [7, 11) is -4.24. The Hall–Kier alpha value is -3.73. The predicted molar refractivity (Wildman–Crippen MR) is 148 cm³/mol. The number of sulfonamides is 1. The summed E-state index contributed by atoms with van der Waals surface area (Å²) in [6.07, 6.45) is 3.54. The van der Waals surface area contributed by atoms with E-state index in [2.05, 4.69) is 47.3 Å². The second-order valence-electron chi connectivity index (χ2n) is 9.68. The summed E-state index contributed by atoms with van der Waals surface area (Å²) in [5, 5.41) is -0.333. The minimum atomic E-state index is -4.24. The van der Waals surface area contributed by atoms with Gasteiger partial charge >= 0.3 is 0 Å². The Morgan fingerprint density at radius 3 is 2.49 bits per heavy atom. The average molecular weight is 531 g/mol. The van der Waals surface area contributed by atoms with E-state index in [1.165, 1.54) is 18.2 Å². The number of amides is 1. The third kappa shape index (κ3) is 5.99. The molecule has 11 heteroatoms. The number of carbonyl (C=O) groups is 1. The molecular weight excluding hydrogens is 492 g/mol. The highest BCUT2D eigenvalue weighted by Crippen LogP contribution is 2.33. The first kappa shape index (κ1) is 26.3. The average Bonchev–Trinajstić information content (AvgIpc) is 3.20. The molecule has 3 aromatic heterocycles. The normalized spacial score (nSPS) is 17.7. The number of nitrogen functional groups attached to an aromatic ring is 1. The molecule has 0 saturated carbocycles. The van der Waals surface area contributed by atoms with Crippen LogP contribution in [0.5, 0.6) is 5.88 Å². The van der Waals surface area contributed by atoms with Crippen LogP contribution in [0.1, 0.15) is 55.2 Å². The minimum absolute atomic E-state index is 0. The zero-order valence-corrected chi connectivity index (χ0v) is 22.2. The third-order valence-corrected chi connectivity index (χ3v) is 7.39. The predicted octanol–water partition coefficient (Wildman–Crippen LogP) is 4.39. The van der Waals surface area contributed by atoms with Crippen molar-refractivity contribution in [1.82, 2.24) is 19.7 Å². The van der Waals surface area contributed by atoms with Gasteiger partial charge in [-0.05, 0) is 62.9 Å². The van der Waals surface area contributed by atoms with Gasteiger partial charge in [0.2, 0.25) is 5.88 Å². The lowest BCUT2D eigenvalue weighted by atomic mass is 10.1. The van der Waals surface area contributed by atoms with Crippen molar-refractivity contribution in [3.05, 3.63) is 54.2 Å². The summed E-state index contributed by atoms with van der Waals surface area (Å²) < 4.78 is 33.5. The first-order chi connectivity index (χ1) is 17.5. The molecule has 1 aliphatic heterocycles. The topological polar surface area (TPSA) is 140 Å². The van der Waals surface area contributed by atoms with Gasteiger partial charge in [-0.2, -0.15) is 8.42 Å². The number of nitrogens with one attached hydrogen (secondary N) is 1. The van der Waals surface area contributed by atoms with Gasteiger partial charge in [0.1, 0.15) is 11.6 Å². The highest BCUT2D eigenvalue weighted by Gasteiger charge is 2.33. The van der Waals surface area contributed by atoms with Gasteiger partial charge in [-0.25, -0.2) is 19.7 Å². The van der Waals surface area contributed by atoms with Crippen LogP contribution in [0.3, 0.4) is 0 Å². The summed E-state index contributed by atoms with van der Waals surface area (Å²) in [4.78, 5) is 28.4. The van der Waals surface area contributed by atoms with Crippen LogP contribution in [0.2, 0.25) is 0 Å². The summed E-state index contributed by atoms with van der Waals surface area (Å²) in [5.74, 6) is 0.572. The highest BCUT2D eigenvalue weighted by molar-refractivity contribution is 7.90. The van der Waals surface area contributed by atoms with Crippen LogP contribution in [-0.2, 0) is 10.0 Å². The molecule has 1 amide bonds. The van der Waals surface area contributed by atoms with Crippen LogP contribution in [-0.4, -0.2) is 48.0 Å². The SMILES string of the molecule is CC(C)COc1ccc(-c2ccc(C(=O)NS(=O)(=O)c3cccc(N)n3)c(N3[C@H](C)CC[C@@H]3C)n2)cn1.[HH].[HH].[HH]. The smallest absolute Gasteiger partial charge is 0.281 e. The lowest BCUT2D eigenvalue weighted by Crippen LogP contribution is -2.37. The number of rotatable bonds is 8. The van der Waals surface area contributed by atoms with Crippen LogP contribution < -0.4 is 20.1 Å². The fraction of sp³-hybridized carbons (Fsp3) is 0.385. The summed E-state index contributed by atoms with van der Waals surface area (Å²) in [6, 6.07) is 11.4. The molecule has 0 radical (unpaired) electrons. The van der Waals surface area contributed by atoms with E-state index in [1.54, 1.807) is 24.4 Å². The van der Waals surface area contributed by atoms with Crippen molar-refractivity contribution in [2.24, 2.45) is 5.92 Å². The van der Waals surface area contributed by atoms with Gasteiger partial charge in [-0.1, -0.05) is 19.9 Å². The van der Waals surface area contributed by atoms with E-state index < -0.39 is 15.9 Å². The van der Waals surface area contributed by atoms with Gasteiger partial charge in [0.05, 0.1) is 17.9 Å². The number of hydrogen-bond acceptors (Lipinski definition) is 9. The Labute approximate surface area is 221 Å². The van der Waals surface area contributed by atoms with Gasteiger partial charge in [0.25, 0.3) is 15.9 Å². The van der Waals surface area contributed by atoms with Crippen molar-refractivity contribution in [2.45, 2.75) is 57.6 Å². The molecule has 0 aliphatic carbocycles. The Balaban J connectivity index is 0.00000267. The van der Waals surface area contributed by atoms with E-state index in [9.17, 15) is 13.2 Å². The molecule has 1 saturated heterocycles. The molecule has 4 rings (SSSR count). The van der Waals surface area contributed by atoms with E-state index in [-0.39, 0.29) is 32.8 Å². The van der Waals surface area contributed by atoms with E-state index in [1.807, 2.05) is 6.07 Å². The lowest BCUT2D eigenvalue weighted by Gasteiger charge is -2.29. The second-order valence-corrected chi connectivity index (χ2v) is 11.3. The maximum atomic E-state index is 13.3. The molecule has 1 aliphatic rings. The van der Waals surface area contributed by atoms with Crippen LogP contribution in [0.4, 0.5) is 11.6 Å². The number of aromatic nitrogens is 3. The molecule has 10 nitrogen and oxygen atoms in total. The van der Waals surface area contributed by atoms with Crippen LogP contribution >= 0.6 is 0 Å². The molecule has 3 aromatic rings. The number of pyridine rings is 3. The van der Waals surface area contributed by atoms with E-state index in [0.29, 0.717) is 29.9 Å². The molecule has 2 atom stereocenters. The van der Waals surface area contributed by atoms with E-state index in [0.717, 1.165) is 18.4 Å². The molecular formula is C26H38N6O4S. The van der Waals surface area contributed by atoms with Gasteiger partial charge in [0, 0.05) is 34.2 Å². The molecule has 4 heterocycles. The first-order valence-electron chi connectivity index (χ1n) is 12.2. The van der Waals surface area contributed by atoms with Crippen LogP contribution in [0, 0.1) is 5.92 Å². The Morgan fingerprint density at radius 2 is 1.86 bits per heavy atom. The standard InChI is InChI=1S/C26H32N6O4S.3H2/c1-16(2)15-36-23-13-10-19(14-28-23)21-12-11-20(25(29-21)32-17(3)8-9-18(32)4)26(33)31-37(34,35)24-7-5-6-22(27)30-24;;;/h5-7,10-14,16-18H,8-9,15H2,1-4H3,(H2,27,30)(H,31,33);3*1H/t17-,18+;;;. The summed E-state index contributed by atoms with van der Waals surface area (Å²) in [5.41, 5.74) is 7.15. The number of hydrogen-bond donors (Lipinski definition) is 2. The summed E-state index contributed by atoms with van der Waals surface area (Å²) in [6.45, 7) is 8.83. The molecule has 0 bridgehead atoms. The number of anilines is 2. The van der Waals surface area contributed by atoms with Crippen molar-refractivity contribution in [3.63, 3.8) is 0 Å². The summed E-state index contributed by atoms with van der Waals surface area (Å²) >= 11 is 0. The van der Waals surface area contributed by atoms with Crippen LogP contribution in [0.25, 0.3) is 11.3 Å². The molecule has 0 spiro atoms. The van der Waals surface area contributed by atoms with Crippen molar-refractivity contribution in [3.8, 4) is 17.1 Å². The third-order valence-electron chi connectivity index (χ3n) is 6.16. The minimum Gasteiger partial charge on any atom is -0.477 e.